The lowest BCUT2D eigenvalue weighted by atomic mass is 9.91. The smallest absolute Gasteiger partial charge is 0.0972 e. The molecule has 1 aliphatic rings. The molecule has 1 aromatic heterocycles. The van der Waals surface area contributed by atoms with Crippen LogP contribution in [0.5, 0.6) is 0 Å². The molecule has 2 nitrogen and oxygen atoms in total. The molecule has 0 saturated carbocycles. The molecule has 2 heterocycles. The lowest BCUT2D eigenvalue weighted by Crippen LogP contribution is -2.32. The van der Waals surface area contributed by atoms with Crippen LogP contribution >= 0.6 is 27.3 Å². The van der Waals surface area contributed by atoms with Gasteiger partial charge in [-0.25, -0.2) is 4.98 Å². The summed E-state index contributed by atoms with van der Waals surface area (Å²) in [6, 6.07) is 17.3. The molecule has 0 N–H and O–H groups in total. The molecule has 4 heteroatoms. The Kier molecular flexibility index (Phi) is 5.02. The second-order valence-corrected chi connectivity index (χ2v) is 8.67. The van der Waals surface area contributed by atoms with E-state index in [0.29, 0.717) is 5.92 Å². The van der Waals surface area contributed by atoms with Crippen LogP contribution in [0.3, 0.4) is 0 Å². The Labute approximate surface area is 161 Å². The molecule has 1 atom stereocenters. The number of hydrogen-bond donors (Lipinski definition) is 0. The molecule has 4 rings (SSSR count). The van der Waals surface area contributed by atoms with Crippen molar-refractivity contribution in [3.63, 3.8) is 0 Å². The average Bonchev–Trinajstić information content (AvgIpc) is 3.02. The van der Waals surface area contributed by atoms with E-state index in [1.807, 2.05) is 0 Å². The predicted octanol–water partition coefficient (Wildman–Crippen LogP) is 5.62. The van der Waals surface area contributed by atoms with Gasteiger partial charge < -0.3 is 0 Å². The minimum absolute atomic E-state index is 0.569. The van der Waals surface area contributed by atoms with Gasteiger partial charge in [-0.2, -0.15) is 0 Å². The topological polar surface area (TPSA) is 16.1 Å². The summed E-state index contributed by atoms with van der Waals surface area (Å²) in [4.78, 5) is 7.38. The third kappa shape index (κ3) is 4.02. The zero-order valence-electron chi connectivity index (χ0n) is 14.3. The predicted molar refractivity (Wildman–Crippen MR) is 108 cm³/mol. The minimum atomic E-state index is 0.569. The van der Waals surface area contributed by atoms with Gasteiger partial charge >= 0.3 is 0 Å². The van der Waals surface area contributed by atoms with Gasteiger partial charge in [0.25, 0.3) is 0 Å². The Hall–Kier alpha value is -1.49. The van der Waals surface area contributed by atoms with Crippen molar-refractivity contribution >= 4 is 27.3 Å². The van der Waals surface area contributed by atoms with Crippen molar-refractivity contribution in [2.45, 2.75) is 32.4 Å². The van der Waals surface area contributed by atoms with Crippen LogP contribution in [0.2, 0.25) is 0 Å². The Bertz CT molecular complexity index is 859. The molecular weight excluding hydrogens is 392 g/mol. The highest BCUT2D eigenvalue weighted by atomic mass is 79.9. The van der Waals surface area contributed by atoms with Gasteiger partial charge in [-0.1, -0.05) is 59.3 Å². The highest BCUT2D eigenvalue weighted by molar-refractivity contribution is 9.10. The molecular formula is C21H21BrN2S. The van der Waals surface area contributed by atoms with Crippen molar-refractivity contribution < 1.29 is 0 Å². The molecule has 0 aliphatic carbocycles. The van der Waals surface area contributed by atoms with E-state index in [9.17, 15) is 0 Å². The molecule has 2 aromatic carbocycles. The fraction of sp³-hybridized carbons (Fsp3) is 0.286. The standard InChI is InChI=1S/C21H21BrN2S/c1-15-11-24(12-17-10-18(22)7-8-20(15)17)13-19-14-25-21(23-19)9-16-5-3-2-4-6-16/h2-8,10,14-15H,9,11-13H2,1H3. The van der Waals surface area contributed by atoms with Crippen LogP contribution in [0.4, 0.5) is 0 Å². The van der Waals surface area contributed by atoms with E-state index in [1.165, 1.54) is 31.9 Å². The number of benzene rings is 2. The van der Waals surface area contributed by atoms with Crippen molar-refractivity contribution in [1.29, 1.82) is 0 Å². The van der Waals surface area contributed by atoms with Crippen LogP contribution in [0.1, 0.15) is 40.2 Å². The third-order valence-corrected chi connectivity index (χ3v) is 6.14. The zero-order chi connectivity index (χ0) is 17.2. The first-order valence-electron chi connectivity index (χ1n) is 8.65. The minimum Gasteiger partial charge on any atom is -0.293 e. The lowest BCUT2D eigenvalue weighted by molar-refractivity contribution is 0.224. The fourth-order valence-corrected chi connectivity index (χ4v) is 4.83. The van der Waals surface area contributed by atoms with Crippen molar-refractivity contribution in [1.82, 2.24) is 9.88 Å². The van der Waals surface area contributed by atoms with Crippen LogP contribution in [-0.4, -0.2) is 16.4 Å². The van der Waals surface area contributed by atoms with Crippen LogP contribution < -0.4 is 0 Å². The summed E-state index contributed by atoms with van der Waals surface area (Å²) in [6.45, 7) is 5.35. The molecule has 1 unspecified atom stereocenters. The van der Waals surface area contributed by atoms with Crippen molar-refractivity contribution in [3.05, 3.63) is 85.8 Å². The zero-order valence-corrected chi connectivity index (χ0v) is 16.7. The summed E-state index contributed by atoms with van der Waals surface area (Å²) >= 11 is 5.38. The Balaban J connectivity index is 1.45. The number of hydrogen-bond acceptors (Lipinski definition) is 3. The van der Waals surface area contributed by atoms with Crippen molar-refractivity contribution in [2.75, 3.05) is 6.54 Å². The SMILES string of the molecule is CC1CN(Cc2csc(Cc3ccccc3)n2)Cc2cc(Br)ccc21. The van der Waals surface area contributed by atoms with Crippen LogP contribution in [0.15, 0.2) is 58.4 Å². The highest BCUT2D eigenvalue weighted by Crippen LogP contribution is 2.31. The summed E-state index contributed by atoms with van der Waals surface area (Å²) in [5.74, 6) is 0.569. The molecule has 128 valence electrons. The molecule has 0 fully saturated rings. The van der Waals surface area contributed by atoms with E-state index < -0.39 is 0 Å². The maximum atomic E-state index is 4.87. The molecule has 1 aliphatic heterocycles. The Morgan fingerprint density at radius 3 is 2.88 bits per heavy atom. The fourth-order valence-electron chi connectivity index (χ4n) is 3.61. The lowest BCUT2D eigenvalue weighted by Gasteiger charge is -2.32. The first-order valence-corrected chi connectivity index (χ1v) is 10.3. The van der Waals surface area contributed by atoms with Crippen LogP contribution in [0, 0.1) is 0 Å². The molecule has 0 spiro atoms. The first kappa shape index (κ1) is 17.0. The van der Waals surface area contributed by atoms with Gasteiger partial charge in [0.1, 0.15) is 0 Å². The summed E-state index contributed by atoms with van der Waals surface area (Å²) in [5, 5.41) is 3.42. The highest BCUT2D eigenvalue weighted by Gasteiger charge is 2.23. The van der Waals surface area contributed by atoms with E-state index in [2.05, 4.69) is 81.7 Å². The number of nitrogens with zero attached hydrogens (tertiary/aromatic N) is 2. The molecule has 25 heavy (non-hydrogen) atoms. The van der Waals surface area contributed by atoms with Crippen LogP contribution in [0.25, 0.3) is 0 Å². The largest absolute Gasteiger partial charge is 0.293 e. The van der Waals surface area contributed by atoms with Gasteiger partial charge in [-0.15, -0.1) is 11.3 Å². The van der Waals surface area contributed by atoms with Gasteiger partial charge in [-0.05, 0) is 34.7 Å². The average molecular weight is 413 g/mol. The second-order valence-electron chi connectivity index (χ2n) is 6.81. The molecule has 3 aromatic rings. The van der Waals surface area contributed by atoms with Gasteiger partial charge in [0.15, 0.2) is 0 Å². The Morgan fingerprint density at radius 1 is 1.20 bits per heavy atom. The summed E-state index contributed by atoms with van der Waals surface area (Å²) < 4.78 is 1.17. The maximum Gasteiger partial charge on any atom is 0.0972 e. The van der Waals surface area contributed by atoms with Gasteiger partial charge in [0.2, 0.25) is 0 Å². The van der Waals surface area contributed by atoms with Crippen molar-refractivity contribution in [3.8, 4) is 0 Å². The number of rotatable bonds is 4. The maximum absolute atomic E-state index is 4.87. The van der Waals surface area contributed by atoms with E-state index in [-0.39, 0.29) is 0 Å². The number of fused-ring (bicyclic) bond motifs is 1. The van der Waals surface area contributed by atoms with E-state index in [4.69, 9.17) is 4.98 Å². The number of aromatic nitrogens is 1. The second kappa shape index (κ2) is 7.40. The number of halogens is 1. The van der Waals surface area contributed by atoms with Gasteiger partial charge in [-0.3, -0.25) is 4.90 Å². The van der Waals surface area contributed by atoms with Gasteiger partial charge in [0, 0.05) is 35.9 Å². The molecule has 0 radical (unpaired) electrons. The van der Waals surface area contributed by atoms with E-state index >= 15 is 0 Å². The van der Waals surface area contributed by atoms with Crippen molar-refractivity contribution in [2.24, 2.45) is 0 Å². The molecule has 0 bridgehead atoms. The molecule has 0 amide bonds. The molecule has 0 saturated heterocycles. The normalized spacial score (nSPS) is 17.4. The third-order valence-electron chi connectivity index (χ3n) is 4.75. The number of thiazole rings is 1. The Morgan fingerprint density at radius 2 is 2.04 bits per heavy atom. The summed E-state index contributed by atoms with van der Waals surface area (Å²) in [6.07, 6.45) is 0.928. The monoisotopic (exact) mass is 412 g/mol. The first-order chi connectivity index (χ1) is 12.2. The van der Waals surface area contributed by atoms with E-state index in [0.717, 1.165) is 26.1 Å². The summed E-state index contributed by atoms with van der Waals surface area (Å²) in [5.41, 5.74) is 5.45. The van der Waals surface area contributed by atoms with Gasteiger partial charge in [0.05, 0.1) is 10.7 Å². The summed E-state index contributed by atoms with van der Waals surface area (Å²) in [7, 11) is 0. The van der Waals surface area contributed by atoms with Crippen LogP contribution in [-0.2, 0) is 19.5 Å². The van der Waals surface area contributed by atoms with E-state index in [1.54, 1.807) is 11.3 Å². The quantitative estimate of drug-likeness (QED) is 0.552.